The Hall–Kier alpha value is -2.19. The summed E-state index contributed by atoms with van der Waals surface area (Å²) in [5.41, 5.74) is 0.0141. The molecule has 0 saturated heterocycles. The molecule has 2 rings (SSSR count). The molecule has 0 aliphatic heterocycles. The average molecular weight is 297 g/mol. The third-order valence-electron chi connectivity index (χ3n) is 2.61. The van der Waals surface area contributed by atoms with E-state index < -0.39 is 11.7 Å². The van der Waals surface area contributed by atoms with Crippen LogP contribution in [-0.2, 0) is 6.18 Å². The Morgan fingerprint density at radius 3 is 2.40 bits per heavy atom. The fraction of sp³-hybridized carbons (Fsp3) is 0.0714. The lowest BCUT2D eigenvalue weighted by molar-refractivity contribution is -0.137. The first kappa shape index (κ1) is 14.2. The molecule has 0 amide bonds. The van der Waals surface area contributed by atoms with E-state index in [4.69, 9.17) is 16.9 Å². The van der Waals surface area contributed by atoms with Gasteiger partial charge in [-0.3, -0.25) is 0 Å². The van der Waals surface area contributed by atoms with Gasteiger partial charge in [-0.1, -0.05) is 23.7 Å². The number of nitrogens with one attached hydrogen (secondary N) is 1. The molecule has 0 aliphatic carbocycles. The first-order chi connectivity index (χ1) is 9.41. The minimum atomic E-state index is -4.45. The number of halogens is 4. The van der Waals surface area contributed by atoms with Gasteiger partial charge in [0.25, 0.3) is 0 Å². The molecule has 2 aromatic carbocycles. The molecular formula is C14H8ClF3N2. The molecule has 0 atom stereocenters. The van der Waals surface area contributed by atoms with Crippen molar-refractivity contribution in [2.45, 2.75) is 6.18 Å². The molecule has 0 spiro atoms. The van der Waals surface area contributed by atoms with Crippen LogP contribution in [0.5, 0.6) is 0 Å². The summed E-state index contributed by atoms with van der Waals surface area (Å²) in [5.74, 6) is 0. The highest BCUT2D eigenvalue weighted by atomic mass is 35.5. The lowest BCUT2D eigenvalue weighted by Crippen LogP contribution is -2.05. The third kappa shape index (κ3) is 3.03. The van der Waals surface area contributed by atoms with Gasteiger partial charge in [0.1, 0.15) is 6.07 Å². The van der Waals surface area contributed by atoms with E-state index in [1.54, 1.807) is 24.3 Å². The number of hydrogen-bond donors (Lipinski definition) is 1. The number of nitrogens with zero attached hydrogens (tertiary/aromatic N) is 1. The summed E-state index contributed by atoms with van der Waals surface area (Å²) in [6, 6.07) is 11.4. The van der Waals surface area contributed by atoms with E-state index in [1.165, 1.54) is 6.07 Å². The van der Waals surface area contributed by atoms with Gasteiger partial charge >= 0.3 is 6.18 Å². The quantitative estimate of drug-likeness (QED) is 0.849. The summed E-state index contributed by atoms with van der Waals surface area (Å²) < 4.78 is 38.0. The number of anilines is 2. The highest BCUT2D eigenvalue weighted by Crippen LogP contribution is 2.35. The predicted octanol–water partition coefficient (Wildman–Crippen LogP) is 4.97. The van der Waals surface area contributed by atoms with Gasteiger partial charge in [0.15, 0.2) is 0 Å². The lowest BCUT2D eigenvalue weighted by atomic mass is 10.1. The maximum atomic E-state index is 12.7. The summed E-state index contributed by atoms with van der Waals surface area (Å²) in [6.45, 7) is 0. The zero-order valence-electron chi connectivity index (χ0n) is 10.0. The van der Waals surface area contributed by atoms with Gasteiger partial charge in [-0.2, -0.15) is 18.4 Å². The topological polar surface area (TPSA) is 35.8 Å². The zero-order chi connectivity index (χ0) is 14.8. The van der Waals surface area contributed by atoms with Gasteiger partial charge in [0.05, 0.1) is 27.5 Å². The van der Waals surface area contributed by atoms with Gasteiger partial charge in [-0.05, 0) is 30.3 Å². The normalized spacial score (nSPS) is 10.9. The summed E-state index contributed by atoms with van der Waals surface area (Å²) in [7, 11) is 0. The van der Waals surface area contributed by atoms with E-state index in [9.17, 15) is 13.2 Å². The van der Waals surface area contributed by atoms with Crippen molar-refractivity contribution >= 4 is 23.0 Å². The van der Waals surface area contributed by atoms with Crippen LogP contribution >= 0.6 is 11.6 Å². The summed E-state index contributed by atoms with van der Waals surface area (Å²) in [4.78, 5) is 0. The van der Waals surface area contributed by atoms with Crippen molar-refractivity contribution in [1.29, 1.82) is 5.26 Å². The molecule has 0 fully saturated rings. The standard InChI is InChI=1S/C14H8ClF3N2/c15-11-6-5-10(14(16,17)18)7-13(11)20-12-4-2-1-3-9(12)8-19/h1-7,20H. The second kappa shape index (κ2) is 5.43. The smallest absolute Gasteiger partial charge is 0.353 e. The van der Waals surface area contributed by atoms with Gasteiger partial charge in [0, 0.05) is 0 Å². The maximum absolute atomic E-state index is 12.7. The Balaban J connectivity index is 2.41. The number of alkyl halides is 3. The van der Waals surface area contributed by atoms with Crippen molar-refractivity contribution in [3.05, 3.63) is 58.6 Å². The molecule has 20 heavy (non-hydrogen) atoms. The summed E-state index contributed by atoms with van der Waals surface area (Å²) in [5, 5.41) is 11.8. The Morgan fingerprint density at radius 2 is 1.75 bits per heavy atom. The third-order valence-corrected chi connectivity index (χ3v) is 2.94. The molecular weight excluding hydrogens is 289 g/mol. The Morgan fingerprint density at radius 1 is 1.05 bits per heavy atom. The molecule has 1 N–H and O–H groups in total. The fourth-order valence-electron chi connectivity index (χ4n) is 1.63. The van der Waals surface area contributed by atoms with Gasteiger partial charge in [-0.15, -0.1) is 0 Å². The second-order valence-electron chi connectivity index (χ2n) is 3.97. The van der Waals surface area contributed by atoms with Crippen LogP contribution in [0.1, 0.15) is 11.1 Å². The van der Waals surface area contributed by atoms with Crippen LogP contribution in [0.15, 0.2) is 42.5 Å². The summed E-state index contributed by atoms with van der Waals surface area (Å²) in [6.07, 6.45) is -4.45. The van der Waals surface area contributed by atoms with Gasteiger partial charge in [-0.25, -0.2) is 0 Å². The highest BCUT2D eigenvalue weighted by Gasteiger charge is 2.31. The Kier molecular flexibility index (Phi) is 3.86. The van der Waals surface area contributed by atoms with Crippen LogP contribution in [0.4, 0.5) is 24.5 Å². The van der Waals surface area contributed by atoms with Crippen molar-refractivity contribution in [3.8, 4) is 6.07 Å². The van der Waals surface area contributed by atoms with Crippen LogP contribution in [0.3, 0.4) is 0 Å². The van der Waals surface area contributed by atoms with E-state index in [1.807, 2.05) is 6.07 Å². The van der Waals surface area contributed by atoms with Crippen molar-refractivity contribution in [2.75, 3.05) is 5.32 Å². The molecule has 2 nitrogen and oxygen atoms in total. The van der Waals surface area contributed by atoms with E-state index >= 15 is 0 Å². The largest absolute Gasteiger partial charge is 0.416 e. The maximum Gasteiger partial charge on any atom is 0.416 e. The number of benzene rings is 2. The number of rotatable bonds is 2. The summed E-state index contributed by atoms with van der Waals surface area (Å²) >= 11 is 5.88. The van der Waals surface area contributed by atoms with E-state index in [2.05, 4.69) is 5.32 Å². The molecule has 0 radical (unpaired) electrons. The number of para-hydroxylation sites is 1. The first-order valence-corrected chi connectivity index (χ1v) is 5.92. The lowest BCUT2D eigenvalue weighted by Gasteiger charge is -2.13. The van der Waals surface area contributed by atoms with E-state index in [-0.39, 0.29) is 10.7 Å². The van der Waals surface area contributed by atoms with Crippen molar-refractivity contribution < 1.29 is 13.2 Å². The van der Waals surface area contributed by atoms with Gasteiger partial charge in [0.2, 0.25) is 0 Å². The molecule has 6 heteroatoms. The van der Waals surface area contributed by atoms with Crippen LogP contribution < -0.4 is 5.32 Å². The predicted molar refractivity (Wildman–Crippen MR) is 70.9 cm³/mol. The molecule has 0 heterocycles. The highest BCUT2D eigenvalue weighted by molar-refractivity contribution is 6.33. The average Bonchev–Trinajstić information content (AvgIpc) is 2.40. The van der Waals surface area contributed by atoms with Crippen molar-refractivity contribution in [3.63, 3.8) is 0 Å². The molecule has 0 bridgehead atoms. The second-order valence-corrected chi connectivity index (χ2v) is 4.38. The Bertz CT molecular complexity index is 675. The Labute approximate surface area is 118 Å². The first-order valence-electron chi connectivity index (χ1n) is 5.54. The van der Waals surface area contributed by atoms with Crippen molar-refractivity contribution in [1.82, 2.24) is 0 Å². The van der Waals surface area contributed by atoms with Crippen LogP contribution in [-0.4, -0.2) is 0 Å². The molecule has 0 unspecified atom stereocenters. The monoisotopic (exact) mass is 296 g/mol. The minimum Gasteiger partial charge on any atom is -0.353 e. The van der Waals surface area contributed by atoms with Crippen LogP contribution in [0, 0.1) is 11.3 Å². The molecule has 0 aliphatic rings. The minimum absolute atomic E-state index is 0.101. The fourth-order valence-corrected chi connectivity index (χ4v) is 1.80. The molecule has 2 aromatic rings. The molecule has 102 valence electrons. The molecule has 0 aromatic heterocycles. The van der Waals surface area contributed by atoms with Crippen LogP contribution in [0.25, 0.3) is 0 Å². The molecule has 0 saturated carbocycles. The number of nitriles is 1. The number of hydrogen-bond acceptors (Lipinski definition) is 2. The zero-order valence-corrected chi connectivity index (χ0v) is 10.8. The van der Waals surface area contributed by atoms with E-state index in [0.717, 1.165) is 12.1 Å². The van der Waals surface area contributed by atoms with Crippen molar-refractivity contribution in [2.24, 2.45) is 0 Å². The van der Waals surface area contributed by atoms with E-state index in [0.29, 0.717) is 11.3 Å². The van der Waals surface area contributed by atoms with Gasteiger partial charge < -0.3 is 5.32 Å². The van der Waals surface area contributed by atoms with Crippen LogP contribution in [0.2, 0.25) is 5.02 Å². The SMILES string of the molecule is N#Cc1ccccc1Nc1cc(C(F)(F)F)ccc1Cl.